The van der Waals surface area contributed by atoms with Gasteiger partial charge in [0.25, 0.3) is 5.91 Å². The van der Waals surface area contributed by atoms with Gasteiger partial charge in [-0.15, -0.1) is 0 Å². The van der Waals surface area contributed by atoms with E-state index in [0.717, 1.165) is 24.2 Å². The predicted molar refractivity (Wildman–Crippen MR) is 105 cm³/mol. The lowest BCUT2D eigenvalue weighted by Gasteiger charge is -2.16. The van der Waals surface area contributed by atoms with Gasteiger partial charge in [0.15, 0.2) is 0 Å². The minimum Gasteiger partial charge on any atom is -0.494 e. The molecular formula is C22H29NO3. The summed E-state index contributed by atoms with van der Waals surface area (Å²) < 4.78 is 11.1. The lowest BCUT2D eigenvalue weighted by molar-refractivity contribution is 0.0937. The lowest BCUT2D eigenvalue weighted by Crippen LogP contribution is -2.33. The molecule has 26 heavy (non-hydrogen) atoms. The number of benzene rings is 2. The van der Waals surface area contributed by atoms with Crippen LogP contribution >= 0.6 is 0 Å². The molecule has 0 bridgehead atoms. The molecule has 0 heterocycles. The molecule has 0 saturated heterocycles. The van der Waals surface area contributed by atoms with Gasteiger partial charge in [0.2, 0.25) is 0 Å². The van der Waals surface area contributed by atoms with Crippen LogP contribution in [0.1, 0.15) is 48.7 Å². The minimum atomic E-state index is -0.0636. The van der Waals surface area contributed by atoms with E-state index in [1.54, 1.807) is 6.07 Å². The molecule has 1 atom stereocenters. The van der Waals surface area contributed by atoms with E-state index in [2.05, 4.69) is 17.4 Å². The highest BCUT2D eigenvalue weighted by molar-refractivity contribution is 5.94. The minimum absolute atomic E-state index is 0.0636. The number of ether oxygens (including phenoxy) is 2. The van der Waals surface area contributed by atoms with Crippen molar-refractivity contribution in [3.63, 3.8) is 0 Å². The lowest BCUT2D eigenvalue weighted by atomic mass is 10.1. The quantitative estimate of drug-likeness (QED) is 0.688. The molecule has 0 fully saturated rings. The van der Waals surface area contributed by atoms with Gasteiger partial charge >= 0.3 is 0 Å². The molecular weight excluding hydrogens is 326 g/mol. The Morgan fingerprint density at radius 1 is 1.08 bits per heavy atom. The molecule has 140 valence electrons. The van der Waals surface area contributed by atoms with Crippen molar-refractivity contribution in [2.45, 2.75) is 46.3 Å². The number of nitrogens with one attached hydrogen (secondary N) is 1. The first-order valence-electron chi connectivity index (χ1n) is 9.32. The normalized spacial score (nSPS) is 11.8. The molecule has 2 aromatic rings. The molecule has 0 radical (unpaired) electrons. The van der Waals surface area contributed by atoms with Crippen LogP contribution in [0.3, 0.4) is 0 Å². The van der Waals surface area contributed by atoms with Crippen molar-refractivity contribution in [2.24, 2.45) is 0 Å². The summed E-state index contributed by atoms with van der Waals surface area (Å²) in [6, 6.07) is 15.9. The molecule has 2 aromatic carbocycles. The van der Waals surface area contributed by atoms with E-state index in [1.807, 2.05) is 51.1 Å². The van der Waals surface area contributed by atoms with Crippen LogP contribution in [-0.4, -0.2) is 25.2 Å². The van der Waals surface area contributed by atoms with Crippen molar-refractivity contribution in [1.82, 2.24) is 5.32 Å². The third-order valence-electron chi connectivity index (χ3n) is 4.17. The van der Waals surface area contributed by atoms with Crippen LogP contribution in [0.25, 0.3) is 0 Å². The third-order valence-corrected chi connectivity index (χ3v) is 4.17. The highest BCUT2D eigenvalue weighted by Crippen LogP contribution is 2.21. The number of aryl methyl sites for hydroxylation is 1. The molecule has 2 rings (SSSR count). The van der Waals surface area contributed by atoms with Crippen LogP contribution < -0.4 is 10.1 Å². The molecule has 0 saturated carbocycles. The summed E-state index contributed by atoms with van der Waals surface area (Å²) in [5.41, 5.74) is 2.82. The van der Waals surface area contributed by atoms with Gasteiger partial charge in [-0.05, 0) is 57.4 Å². The van der Waals surface area contributed by atoms with E-state index >= 15 is 0 Å². The van der Waals surface area contributed by atoms with Crippen LogP contribution in [0.4, 0.5) is 0 Å². The number of carbonyl (C=O) groups excluding carboxylic acids is 1. The smallest absolute Gasteiger partial charge is 0.251 e. The van der Waals surface area contributed by atoms with Crippen molar-refractivity contribution < 1.29 is 14.3 Å². The Hall–Kier alpha value is -2.33. The molecule has 1 amide bonds. The maximum atomic E-state index is 12.6. The van der Waals surface area contributed by atoms with Gasteiger partial charge in [-0.2, -0.15) is 0 Å². The Balaban J connectivity index is 1.96. The van der Waals surface area contributed by atoms with Crippen LogP contribution in [-0.2, 0) is 17.8 Å². The number of amides is 1. The van der Waals surface area contributed by atoms with E-state index in [0.29, 0.717) is 25.4 Å². The van der Waals surface area contributed by atoms with E-state index in [4.69, 9.17) is 9.47 Å². The average molecular weight is 355 g/mol. The van der Waals surface area contributed by atoms with E-state index in [9.17, 15) is 4.79 Å². The average Bonchev–Trinajstić information content (AvgIpc) is 2.66. The third kappa shape index (κ3) is 6.19. The number of hydrogen-bond acceptors (Lipinski definition) is 3. The van der Waals surface area contributed by atoms with Crippen LogP contribution in [0.2, 0.25) is 0 Å². The summed E-state index contributed by atoms with van der Waals surface area (Å²) in [5, 5.41) is 3.08. The highest BCUT2D eigenvalue weighted by atomic mass is 16.5. The van der Waals surface area contributed by atoms with Gasteiger partial charge in [-0.25, -0.2) is 0 Å². The Labute approximate surface area is 156 Å². The number of hydrogen-bond donors (Lipinski definition) is 1. The maximum Gasteiger partial charge on any atom is 0.251 e. The van der Waals surface area contributed by atoms with Gasteiger partial charge in [0.1, 0.15) is 5.75 Å². The second kappa shape index (κ2) is 10.6. The Morgan fingerprint density at radius 2 is 1.85 bits per heavy atom. The summed E-state index contributed by atoms with van der Waals surface area (Å²) in [7, 11) is 0. The first-order chi connectivity index (χ1) is 12.6. The molecule has 0 spiro atoms. The summed E-state index contributed by atoms with van der Waals surface area (Å²) >= 11 is 0. The fourth-order valence-electron chi connectivity index (χ4n) is 2.75. The molecule has 0 aliphatic heterocycles. The monoisotopic (exact) mass is 355 g/mol. The second-order valence-corrected chi connectivity index (χ2v) is 6.29. The molecule has 0 unspecified atom stereocenters. The van der Waals surface area contributed by atoms with Crippen LogP contribution in [0, 0.1) is 0 Å². The zero-order valence-electron chi connectivity index (χ0n) is 16.0. The number of carbonyl (C=O) groups is 1. The molecule has 4 nitrogen and oxygen atoms in total. The summed E-state index contributed by atoms with van der Waals surface area (Å²) in [4.78, 5) is 12.6. The highest BCUT2D eigenvalue weighted by Gasteiger charge is 2.13. The van der Waals surface area contributed by atoms with Crippen molar-refractivity contribution in [1.29, 1.82) is 0 Å². The van der Waals surface area contributed by atoms with E-state index < -0.39 is 0 Å². The van der Waals surface area contributed by atoms with Crippen molar-refractivity contribution in [3.05, 3.63) is 65.2 Å². The topological polar surface area (TPSA) is 47.6 Å². The molecule has 0 aliphatic rings. The molecule has 4 heteroatoms. The fraction of sp³-hybridized carbons (Fsp3) is 0.409. The summed E-state index contributed by atoms with van der Waals surface area (Å²) in [6.07, 6.45) is 1.85. The van der Waals surface area contributed by atoms with Gasteiger partial charge < -0.3 is 14.8 Å². The summed E-state index contributed by atoms with van der Waals surface area (Å²) in [5.74, 6) is 0.709. The first-order valence-corrected chi connectivity index (χ1v) is 9.32. The van der Waals surface area contributed by atoms with Crippen molar-refractivity contribution in [3.8, 4) is 5.75 Å². The predicted octanol–water partition coefficient (Wildman–Crippen LogP) is 4.37. The SMILES string of the molecule is CCOCc1cc(C(=O)N[C@@H](C)CCc2ccccc2)ccc1OCC. The fourth-order valence-corrected chi connectivity index (χ4v) is 2.75. The molecule has 0 aliphatic carbocycles. The van der Waals surface area contributed by atoms with Crippen LogP contribution in [0.5, 0.6) is 5.75 Å². The molecule has 0 aromatic heterocycles. The maximum absolute atomic E-state index is 12.6. The Kier molecular flexibility index (Phi) is 8.16. The zero-order chi connectivity index (χ0) is 18.8. The second-order valence-electron chi connectivity index (χ2n) is 6.29. The number of rotatable bonds is 10. The summed E-state index contributed by atoms with van der Waals surface area (Å²) in [6.45, 7) is 7.58. The van der Waals surface area contributed by atoms with Gasteiger partial charge in [0, 0.05) is 23.8 Å². The largest absolute Gasteiger partial charge is 0.494 e. The van der Waals surface area contributed by atoms with Gasteiger partial charge in [-0.1, -0.05) is 30.3 Å². The van der Waals surface area contributed by atoms with Gasteiger partial charge in [0.05, 0.1) is 13.2 Å². The van der Waals surface area contributed by atoms with Gasteiger partial charge in [-0.3, -0.25) is 4.79 Å². The van der Waals surface area contributed by atoms with Crippen molar-refractivity contribution in [2.75, 3.05) is 13.2 Å². The molecule has 1 N–H and O–H groups in total. The standard InChI is InChI=1S/C22H29NO3/c1-4-25-16-20-15-19(13-14-21(20)26-5-2)22(24)23-17(3)11-12-18-9-7-6-8-10-18/h6-10,13-15,17H,4-5,11-12,16H2,1-3H3,(H,23,24)/t17-/m0/s1. The zero-order valence-corrected chi connectivity index (χ0v) is 16.0. The Morgan fingerprint density at radius 3 is 2.54 bits per heavy atom. The first kappa shape index (κ1) is 20.0. The van der Waals surface area contributed by atoms with Crippen molar-refractivity contribution >= 4 is 5.91 Å². The van der Waals surface area contributed by atoms with E-state index in [-0.39, 0.29) is 11.9 Å². The van der Waals surface area contributed by atoms with Crippen LogP contribution in [0.15, 0.2) is 48.5 Å². The Bertz CT molecular complexity index is 685. The van der Waals surface area contributed by atoms with E-state index in [1.165, 1.54) is 5.56 Å².